The van der Waals surface area contributed by atoms with Crippen molar-refractivity contribution in [3.8, 4) is 11.1 Å². The van der Waals surface area contributed by atoms with Crippen LogP contribution in [0.3, 0.4) is 0 Å². The highest BCUT2D eigenvalue weighted by Gasteiger charge is 2.51. The van der Waals surface area contributed by atoms with E-state index in [0.717, 1.165) is 43.2 Å². The molecule has 1 aliphatic heterocycles. The maximum Gasteiger partial charge on any atom is 0.421 e. The van der Waals surface area contributed by atoms with E-state index in [-0.39, 0.29) is 37.1 Å². The SMILES string of the molecule is CC(O)(c1ccc(-c2ccc(CN3CCN(Cc4ccncc4)C[C@H]3CC(=O)OCCN)cc2)cc1)C(F)(F)F. The smallest absolute Gasteiger partial charge is 0.421 e. The second-order valence-corrected chi connectivity index (χ2v) is 10.3. The number of carbonyl (C=O) groups excluding carboxylic acids is 1. The first-order valence-corrected chi connectivity index (χ1v) is 13.3. The van der Waals surface area contributed by atoms with Gasteiger partial charge in [-0.05, 0) is 46.9 Å². The number of aliphatic hydroxyl groups is 1. The number of ether oxygens (including phenoxy) is 1. The quantitative estimate of drug-likeness (QED) is 0.364. The van der Waals surface area contributed by atoms with Gasteiger partial charge in [-0.15, -0.1) is 0 Å². The monoisotopic (exact) mass is 556 g/mol. The van der Waals surface area contributed by atoms with Crippen molar-refractivity contribution in [2.75, 3.05) is 32.8 Å². The third-order valence-electron chi connectivity index (χ3n) is 7.30. The van der Waals surface area contributed by atoms with Gasteiger partial charge in [0.05, 0.1) is 6.42 Å². The zero-order valence-electron chi connectivity index (χ0n) is 22.5. The van der Waals surface area contributed by atoms with Crippen LogP contribution in [0.2, 0.25) is 0 Å². The number of hydrogen-bond donors (Lipinski definition) is 2. The highest BCUT2D eigenvalue weighted by atomic mass is 19.4. The molecule has 0 saturated carbocycles. The molecule has 0 aliphatic carbocycles. The van der Waals surface area contributed by atoms with Crippen molar-refractivity contribution >= 4 is 5.97 Å². The summed E-state index contributed by atoms with van der Waals surface area (Å²) in [5, 5.41) is 9.92. The predicted octanol–water partition coefficient (Wildman–Crippen LogP) is 4.10. The van der Waals surface area contributed by atoms with Crippen LogP contribution >= 0.6 is 0 Å². The average Bonchev–Trinajstić information content (AvgIpc) is 2.94. The van der Waals surface area contributed by atoms with E-state index in [0.29, 0.717) is 13.1 Å². The number of hydrogen-bond acceptors (Lipinski definition) is 7. The van der Waals surface area contributed by atoms with Crippen LogP contribution in [-0.4, -0.2) is 70.9 Å². The maximum absolute atomic E-state index is 13.2. The second-order valence-electron chi connectivity index (χ2n) is 10.3. The molecule has 0 bridgehead atoms. The maximum atomic E-state index is 13.2. The van der Waals surface area contributed by atoms with Crippen molar-refractivity contribution in [1.82, 2.24) is 14.8 Å². The first-order valence-electron chi connectivity index (χ1n) is 13.3. The van der Waals surface area contributed by atoms with Gasteiger partial charge in [0.1, 0.15) is 6.61 Å². The molecule has 1 aromatic heterocycles. The standard InChI is InChI=1S/C30H35F3N4O3/c1-29(39,30(31,32)33)26-8-6-25(7-9-26)24-4-2-22(3-5-24)20-37-16-15-36(19-23-10-13-35-14-11-23)21-27(37)18-28(38)40-17-12-34/h2-11,13-14,27,39H,12,15-21,34H2,1H3/t27-,29?/m1/s1. The lowest BCUT2D eigenvalue weighted by Gasteiger charge is -2.41. The van der Waals surface area contributed by atoms with Crippen LogP contribution in [0.15, 0.2) is 73.1 Å². The summed E-state index contributed by atoms with van der Waals surface area (Å²) in [5.74, 6) is -0.269. The van der Waals surface area contributed by atoms with Crippen LogP contribution < -0.4 is 5.73 Å². The predicted molar refractivity (Wildman–Crippen MR) is 146 cm³/mol. The van der Waals surface area contributed by atoms with Crippen molar-refractivity contribution in [3.05, 3.63) is 89.7 Å². The molecule has 2 atom stereocenters. The first kappa shape index (κ1) is 29.7. The van der Waals surface area contributed by atoms with Gasteiger partial charge in [0.2, 0.25) is 0 Å². The van der Waals surface area contributed by atoms with Crippen LogP contribution in [0, 0.1) is 0 Å². The Kier molecular flexibility index (Phi) is 9.57. The van der Waals surface area contributed by atoms with Gasteiger partial charge in [0.25, 0.3) is 0 Å². The summed E-state index contributed by atoms with van der Waals surface area (Å²) in [4.78, 5) is 21.2. The summed E-state index contributed by atoms with van der Waals surface area (Å²) in [6.07, 6.45) is -0.951. The van der Waals surface area contributed by atoms with Gasteiger partial charge in [0, 0.05) is 57.7 Å². The minimum atomic E-state index is -4.76. The van der Waals surface area contributed by atoms with Crippen LogP contribution in [-0.2, 0) is 28.2 Å². The minimum absolute atomic E-state index is 0.0329. The summed E-state index contributed by atoms with van der Waals surface area (Å²) < 4.78 is 44.7. The Morgan fingerprint density at radius 1 is 0.975 bits per heavy atom. The lowest BCUT2D eigenvalue weighted by Crippen LogP contribution is -2.53. The zero-order valence-corrected chi connectivity index (χ0v) is 22.5. The Morgan fingerprint density at radius 2 is 1.57 bits per heavy atom. The Labute approximate surface area is 232 Å². The number of benzene rings is 2. The molecule has 1 unspecified atom stereocenters. The van der Waals surface area contributed by atoms with Crippen molar-refractivity contribution in [3.63, 3.8) is 0 Å². The van der Waals surface area contributed by atoms with E-state index < -0.39 is 11.8 Å². The van der Waals surface area contributed by atoms with E-state index >= 15 is 0 Å². The van der Waals surface area contributed by atoms with Gasteiger partial charge in [-0.25, -0.2) is 0 Å². The molecule has 1 aliphatic rings. The average molecular weight is 557 g/mol. The molecule has 10 heteroatoms. The molecule has 1 fully saturated rings. The van der Waals surface area contributed by atoms with Gasteiger partial charge >= 0.3 is 12.1 Å². The molecule has 40 heavy (non-hydrogen) atoms. The fourth-order valence-corrected chi connectivity index (χ4v) is 4.86. The summed E-state index contributed by atoms with van der Waals surface area (Å²) in [5.41, 5.74) is 6.19. The molecule has 0 radical (unpaired) electrons. The summed E-state index contributed by atoms with van der Waals surface area (Å²) >= 11 is 0. The highest BCUT2D eigenvalue weighted by molar-refractivity contribution is 5.70. The third kappa shape index (κ3) is 7.45. The lowest BCUT2D eigenvalue weighted by atomic mass is 9.93. The van der Waals surface area contributed by atoms with E-state index in [9.17, 15) is 23.1 Å². The summed E-state index contributed by atoms with van der Waals surface area (Å²) in [6, 6.07) is 17.5. The fourth-order valence-electron chi connectivity index (χ4n) is 4.86. The molecular formula is C30H35F3N4O3. The van der Waals surface area contributed by atoms with Crippen LogP contribution in [0.25, 0.3) is 11.1 Å². The van der Waals surface area contributed by atoms with Crippen molar-refractivity contribution < 1.29 is 27.8 Å². The number of alkyl halides is 3. The number of esters is 1. The number of carbonyl (C=O) groups is 1. The van der Waals surface area contributed by atoms with Crippen molar-refractivity contribution in [2.24, 2.45) is 5.73 Å². The van der Waals surface area contributed by atoms with Gasteiger partial charge in [-0.3, -0.25) is 19.6 Å². The van der Waals surface area contributed by atoms with Crippen molar-refractivity contribution in [1.29, 1.82) is 0 Å². The van der Waals surface area contributed by atoms with E-state index in [1.54, 1.807) is 24.5 Å². The minimum Gasteiger partial charge on any atom is -0.464 e. The number of halogens is 3. The second kappa shape index (κ2) is 12.9. The molecule has 0 spiro atoms. The Bertz CT molecular complexity index is 1240. The number of piperazine rings is 1. The van der Waals surface area contributed by atoms with Gasteiger partial charge in [0.15, 0.2) is 5.60 Å². The molecule has 0 amide bonds. The molecule has 2 heterocycles. The van der Waals surface area contributed by atoms with Gasteiger partial charge < -0.3 is 15.6 Å². The lowest BCUT2D eigenvalue weighted by molar-refractivity contribution is -0.258. The number of nitrogens with two attached hydrogens (primary N) is 1. The zero-order chi connectivity index (χ0) is 28.8. The Balaban J connectivity index is 1.43. The molecule has 2 aromatic carbocycles. The largest absolute Gasteiger partial charge is 0.464 e. The van der Waals surface area contributed by atoms with Gasteiger partial charge in [-0.1, -0.05) is 48.5 Å². The number of nitrogens with zero attached hydrogens (tertiary/aromatic N) is 3. The fraction of sp³-hybridized carbons (Fsp3) is 0.400. The molecule has 7 nitrogen and oxygen atoms in total. The number of rotatable bonds is 10. The third-order valence-corrected chi connectivity index (χ3v) is 7.30. The van der Waals surface area contributed by atoms with Crippen LogP contribution in [0.5, 0.6) is 0 Å². The topological polar surface area (TPSA) is 91.9 Å². The number of pyridine rings is 1. The molecule has 3 aromatic rings. The van der Waals surface area contributed by atoms with E-state index in [1.165, 1.54) is 17.7 Å². The molecule has 1 saturated heterocycles. The summed E-state index contributed by atoms with van der Waals surface area (Å²) in [6.45, 7) is 4.99. The molecule has 4 rings (SSSR count). The molecular weight excluding hydrogens is 521 g/mol. The highest BCUT2D eigenvalue weighted by Crippen LogP contribution is 2.39. The van der Waals surface area contributed by atoms with E-state index in [1.807, 2.05) is 36.4 Å². The van der Waals surface area contributed by atoms with Crippen molar-refractivity contribution in [2.45, 2.75) is 44.3 Å². The number of aromatic nitrogens is 1. The Hall–Kier alpha value is -3.31. The molecule has 214 valence electrons. The summed E-state index contributed by atoms with van der Waals surface area (Å²) in [7, 11) is 0. The first-order chi connectivity index (χ1) is 19.1. The Morgan fingerprint density at radius 3 is 2.17 bits per heavy atom. The van der Waals surface area contributed by atoms with E-state index in [4.69, 9.17) is 10.5 Å². The van der Waals surface area contributed by atoms with Crippen LogP contribution in [0.1, 0.15) is 30.0 Å². The van der Waals surface area contributed by atoms with E-state index in [2.05, 4.69) is 14.8 Å². The normalized spacial score (nSPS) is 18.3. The molecule has 3 N–H and O–H groups in total. The van der Waals surface area contributed by atoms with Crippen LogP contribution in [0.4, 0.5) is 13.2 Å². The van der Waals surface area contributed by atoms with Gasteiger partial charge in [-0.2, -0.15) is 13.2 Å².